The van der Waals surface area contributed by atoms with Gasteiger partial charge in [0.05, 0.1) is 90.6 Å². The van der Waals surface area contributed by atoms with Gasteiger partial charge in [-0.25, -0.2) is 9.97 Å². The van der Waals surface area contributed by atoms with Crippen LogP contribution in [0.4, 0.5) is 0 Å². The van der Waals surface area contributed by atoms with Crippen LogP contribution in [0.25, 0.3) is 90.9 Å². The number of hydrogen-bond acceptors (Lipinski definition) is 2. The summed E-state index contributed by atoms with van der Waals surface area (Å²) in [6, 6.07) is 51.2. The second-order valence-corrected chi connectivity index (χ2v) is 14.1. The molecule has 4 aromatic carbocycles. The fourth-order valence-corrected chi connectivity index (χ4v) is 8.58. The number of aromatic nitrogens is 4. The van der Waals surface area contributed by atoms with E-state index in [9.17, 15) is 0 Å². The van der Waals surface area contributed by atoms with Crippen molar-refractivity contribution in [2.24, 2.45) is 0 Å². The summed E-state index contributed by atoms with van der Waals surface area (Å²) in [4.78, 5) is 10.9. The Labute approximate surface area is 343 Å². The Bertz CT molecular complexity index is 2290. The van der Waals surface area contributed by atoms with Crippen LogP contribution in [-0.2, 0) is 0 Å². The molecular weight excluding hydrogens is 1050 g/mol. The Balaban J connectivity index is 0.00000374. The summed E-state index contributed by atoms with van der Waals surface area (Å²) < 4.78 is 4.53. The van der Waals surface area contributed by atoms with E-state index in [0.717, 1.165) is 89.4 Å². The molecule has 7 heteroatoms. The Morgan fingerprint density at radius 3 is 0.745 bits per heavy atom. The van der Waals surface area contributed by atoms with E-state index in [1.807, 2.05) is 0 Å². The zero-order chi connectivity index (χ0) is 33.6. The van der Waals surface area contributed by atoms with Crippen molar-refractivity contribution >= 4 is 119 Å². The number of nitrogens with zero attached hydrogens (tertiary/aromatic N) is 4. The van der Waals surface area contributed by atoms with Crippen molar-refractivity contribution in [2.75, 3.05) is 0 Å². The van der Waals surface area contributed by atoms with E-state index in [2.05, 4.69) is 221 Å². The van der Waals surface area contributed by atoms with Gasteiger partial charge in [-0.3, -0.25) is 5.56 Å². The van der Waals surface area contributed by atoms with Crippen LogP contribution < -0.4 is 0 Å². The Hall–Kier alpha value is -4.16. The predicted molar refractivity (Wildman–Crippen MR) is 232 cm³/mol. The summed E-state index contributed by atoms with van der Waals surface area (Å²) in [6.45, 7) is 0. The SMILES string of the molecule is In1c2ccc1c(-c1ccccc1)c1nc(c(-c3ccccc3)c3ccc(c(-c4ccccc4)c4nc(c2-c2ccccc2)C=C4)n3I)C=C1.[Po]. The van der Waals surface area contributed by atoms with Gasteiger partial charge >= 0.3 is 0 Å². The van der Waals surface area contributed by atoms with Crippen LogP contribution in [0, 0.1) is 0 Å². The van der Waals surface area contributed by atoms with Gasteiger partial charge in [-0.15, -0.1) is 0 Å². The van der Waals surface area contributed by atoms with Crippen molar-refractivity contribution in [1.29, 1.82) is 0 Å². The Morgan fingerprint density at radius 2 is 0.529 bits per heavy atom. The second kappa shape index (κ2) is 14.5. The van der Waals surface area contributed by atoms with E-state index < -0.39 is 0 Å². The zero-order valence-corrected chi connectivity index (χ0v) is 34.6. The van der Waals surface area contributed by atoms with Crippen molar-refractivity contribution in [1.82, 2.24) is 15.5 Å². The standard InChI is InChI=1S/C44H28I2N4.Po/c45-49-37-25-26-38(49)43(31-17-9-3-10-18-31)35-23-24-36(48-35)44(32-19-11-4-12-20-32)40-28-27-39(50(40)46)42(30-15-7-2-8-16-30)34-22-21-33(47-34)41(37)29-13-5-1-6-14-29;/h1-28H;. The van der Waals surface area contributed by atoms with Crippen LogP contribution in [-0.4, -0.2) is 42.1 Å². The first kappa shape index (κ1) is 34.0. The minimum absolute atomic E-state index is 0. The van der Waals surface area contributed by atoms with Gasteiger partial charge in [0.1, 0.15) is 0 Å². The molecule has 0 spiro atoms. The summed E-state index contributed by atoms with van der Waals surface area (Å²) in [5.41, 5.74) is 16.7. The molecule has 0 aliphatic carbocycles. The first-order valence-corrected chi connectivity index (χ1v) is 18.3. The monoisotopic (exact) mass is 1080 g/mol. The molecule has 4 nitrogen and oxygen atoms in total. The fraction of sp³-hybridized carbons (Fsp3) is 0. The normalized spacial score (nSPS) is 11.8. The van der Waals surface area contributed by atoms with E-state index >= 15 is 0 Å². The van der Waals surface area contributed by atoms with E-state index in [4.69, 9.17) is 9.97 Å². The molecule has 0 N–H and O–H groups in total. The van der Waals surface area contributed by atoms with Gasteiger partial charge in [-0.05, 0) is 70.8 Å². The maximum absolute atomic E-state index is 5.44. The quantitative estimate of drug-likeness (QED) is 0.165. The number of benzene rings is 4. The first-order valence-electron chi connectivity index (χ1n) is 16.4. The van der Waals surface area contributed by atoms with Crippen LogP contribution >= 0.6 is 45.7 Å². The molecule has 0 atom stereocenters. The molecule has 0 saturated carbocycles. The van der Waals surface area contributed by atoms with Crippen LogP contribution in [0.3, 0.4) is 0 Å². The van der Waals surface area contributed by atoms with E-state index in [0.29, 0.717) is 0 Å². The minimum atomic E-state index is 0. The molecule has 0 fully saturated rings. The predicted octanol–water partition coefficient (Wildman–Crippen LogP) is 12.3. The molecular formula is C44H28I2N4Po. The Morgan fingerprint density at radius 1 is 0.314 bits per heavy atom. The molecule has 0 amide bonds. The third-order valence-corrected chi connectivity index (χ3v) is 11.3. The fourth-order valence-electron chi connectivity index (χ4n) is 6.97. The average Bonchev–Trinajstić information content (AvgIpc) is 3.98. The summed E-state index contributed by atoms with van der Waals surface area (Å²) in [5.74, 6) is 0. The van der Waals surface area contributed by atoms with Crippen LogP contribution in [0.5, 0.6) is 0 Å². The van der Waals surface area contributed by atoms with E-state index in [-0.39, 0.29) is 26.6 Å². The summed E-state index contributed by atoms with van der Waals surface area (Å²) in [7, 11) is 0. The van der Waals surface area contributed by atoms with Gasteiger partial charge < -0.3 is 0 Å². The van der Waals surface area contributed by atoms with Gasteiger partial charge in [0.25, 0.3) is 0 Å². The van der Waals surface area contributed by atoms with E-state index in [1.165, 1.54) is 0 Å². The molecule has 8 bridgehead atoms. The van der Waals surface area contributed by atoms with Crippen LogP contribution in [0.1, 0.15) is 22.8 Å². The van der Waals surface area contributed by atoms with Crippen molar-refractivity contribution in [2.45, 2.75) is 0 Å². The van der Waals surface area contributed by atoms with Crippen molar-refractivity contribution in [3.8, 4) is 44.5 Å². The maximum Gasteiger partial charge on any atom is 0.0737 e. The third-order valence-electron chi connectivity index (χ3n) is 9.22. The van der Waals surface area contributed by atoms with Gasteiger partial charge in [0, 0.05) is 48.8 Å². The van der Waals surface area contributed by atoms with Gasteiger partial charge in [0.15, 0.2) is 0 Å². The number of fused-ring (bicyclic) bond motifs is 8. The topological polar surface area (TPSA) is 35.6 Å². The van der Waals surface area contributed by atoms with Crippen molar-refractivity contribution in [3.63, 3.8) is 0 Å². The van der Waals surface area contributed by atoms with Crippen molar-refractivity contribution < 1.29 is 0 Å². The molecule has 7 aromatic rings. The van der Waals surface area contributed by atoms with Gasteiger partial charge in [-0.1, -0.05) is 121 Å². The molecule has 0 saturated heterocycles. The van der Waals surface area contributed by atoms with E-state index in [1.54, 1.807) is 0 Å². The smallest absolute Gasteiger partial charge is 0.0737 e. The number of hydrogen-bond donors (Lipinski definition) is 0. The molecule has 2 aliphatic rings. The van der Waals surface area contributed by atoms with Gasteiger partial charge in [-0.2, -0.15) is 0 Å². The van der Waals surface area contributed by atoms with Crippen LogP contribution in [0.15, 0.2) is 146 Å². The molecule has 0 unspecified atom stereocenters. The Kier molecular flexibility index (Phi) is 9.62. The van der Waals surface area contributed by atoms with Crippen LogP contribution in [0.2, 0.25) is 0 Å². The zero-order valence-electron chi connectivity index (χ0n) is 27.1. The van der Waals surface area contributed by atoms with Crippen molar-refractivity contribution in [3.05, 3.63) is 168 Å². The maximum atomic E-state index is 5.44. The molecule has 2 aliphatic heterocycles. The summed E-state index contributed by atoms with van der Waals surface area (Å²) in [6.07, 6.45) is 8.66. The second-order valence-electron chi connectivity index (χ2n) is 12.2. The molecule has 51 heavy (non-hydrogen) atoms. The molecule has 3 aromatic heterocycles. The third kappa shape index (κ3) is 6.13. The minimum Gasteiger partial charge on any atom is -0.282 e. The summed E-state index contributed by atoms with van der Waals surface area (Å²) >= 11 is 4.91. The summed E-state index contributed by atoms with van der Waals surface area (Å²) in [5, 5.41) is 0. The van der Waals surface area contributed by atoms with Gasteiger partial charge in [0.2, 0.25) is 0 Å². The number of rotatable bonds is 4. The molecule has 5 heterocycles. The molecule has 9 rings (SSSR count). The molecule has 244 valence electrons. The largest absolute Gasteiger partial charge is 0.282 e. The molecule has 2 radical (unpaired) electrons. The first-order chi connectivity index (χ1) is 24.7. The average molecular weight is 1080 g/mol. The number of halogens is 2.